The normalized spacial score (nSPS) is 15.5. The first-order valence-corrected chi connectivity index (χ1v) is 11.2. The van der Waals surface area contributed by atoms with Crippen molar-refractivity contribution < 1.29 is 14.1 Å². The highest BCUT2D eigenvalue weighted by molar-refractivity contribution is 5.97. The summed E-state index contributed by atoms with van der Waals surface area (Å²) in [6.45, 7) is 2.95. The predicted octanol–water partition coefficient (Wildman–Crippen LogP) is 4.70. The zero-order chi connectivity index (χ0) is 23.5. The van der Waals surface area contributed by atoms with E-state index in [0.29, 0.717) is 30.5 Å². The standard InChI is InChI=1S/C27H24N4O3/c1-18-6-5-9-21(14-18)25-29-27(34-30-25)20-10-12-23(13-11-20)28-26(33)22-15-24(32)31(17-22)16-19-7-3-2-4-8-19/h2-14,22H,15-17H2,1H3,(H,28,33)/t22-/m0/s1. The monoisotopic (exact) mass is 452 g/mol. The average Bonchev–Trinajstić information content (AvgIpc) is 3.48. The highest BCUT2D eigenvalue weighted by Crippen LogP contribution is 2.25. The van der Waals surface area contributed by atoms with Gasteiger partial charge in [0.25, 0.3) is 5.89 Å². The summed E-state index contributed by atoms with van der Waals surface area (Å²) in [4.78, 5) is 31.4. The summed E-state index contributed by atoms with van der Waals surface area (Å²) in [6, 6.07) is 24.9. The number of carbonyl (C=O) groups is 2. The lowest BCUT2D eigenvalue weighted by atomic mass is 10.1. The second-order valence-corrected chi connectivity index (χ2v) is 8.52. The van der Waals surface area contributed by atoms with Gasteiger partial charge in [0, 0.05) is 36.3 Å². The van der Waals surface area contributed by atoms with Gasteiger partial charge in [0.1, 0.15) is 0 Å². The lowest BCUT2D eigenvalue weighted by Crippen LogP contribution is -2.28. The maximum absolute atomic E-state index is 12.8. The molecule has 0 saturated carbocycles. The molecule has 5 rings (SSSR count). The van der Waals surface area contributed by atoms with E-state index in [0.717, 1.165) is 22.3 Å². The summed E-state index contributed by atoms with van der Waals surface area (Å²) < 4.78 is 5.43. The van der Waals surface area contributed by atoms with Crippen LogP contribution in [-0.4, -0.2) is 33.4 Å². The van der Waals surface area contributed by atoms with E-state index < -0.39 is 0 Å². The van der Waals surface area contributed by atoms with Crippen LogP contribution in [0.1, 0.15) is 17.5 Å². The lowest BCUT2D eigenvalue weighted by molar-refractivity contribution is -0.128. The molecule has 7 heteroatoms. The molecule has 4 aromatic rings. The Morgan fingerprint density at radius 2 is 1.82 bits per heavy atom. The Morgan fingerprint density at radius 1 is 1.03 bits per heavy atom. The maximum Gasteiger partial charge on any atom is 0.258 e. The zero-order valence-electron chi connectivity index (χ0n) is 18.8. The molecular formula is C27H24N4O3. The van der Waals surface area contributed by atoms with Crippen LogP contribution in [0.25, 0.3) is 22.8 Å². The fourth-order valence-corrected chi connectivity index (χ4v) is 4.09. The van der Waals surface area contributed by atoms with E-state index in [-0.39, 0.29) is 24.2 Å². The molecule has 1 atom stereocenters. The van der Waals surface area contributed by atoms with E-state index in [1.54, 1.807) is 17.0 Å². The number of benzene rings is 3. The minimum absolute atomic E-state index is 0.000147. The first-order chi connectivity index (χ1) is 16.5. The summed E-state index contributed by atoms with van der Waals surface area (Å²) in [5.74, 6) is 0.412. The Kier molecular flexibility index (Phi) is 5.91. The highest BCUT2D eigenvalue weighted by Gasteiger charge is 2.34. The molecule has 2 heterocycles. The van der Waals surface area contributed by atoms with Crippen LogP contribution in [0.2, 0.25) is 0 Å². The van der Waals surface area contributed by atoms with Crippen LogP contribution in [0, 0.1) is 12.8 Å². The fraction of sp³-hybridized carbons (Fsp3) is 0.185. The van der Waals surface area contributed by atoms with Crippen LogP contribution in [0.15, 0.2) is 83.4 Å². The van der Waals surface area contributed by atoms with Crippen molar-refractivity contribution in [3.05, 3.63) is 90.0 Å². The number of hydrogen-bond donors (Lipinski definition) is 1. The second kappa shape index (κ2) is 9.31. The van der Waals surface area contributed by atoms with Crippen molar-refractivity contribution in [1.82, 2.24) is 15.0 Å². The quantitative estimate of drug-likeness (QED) is 0.458. The van der Waals surface area contributed by atoms with Gasteiger partial charge in [-0.15, -0.1) is 0 Å². The van der Waals surface area contributed by atoms with E-state index in [1.165, 1.54) is 0 Å². The van der Waals surface area contributed by atoms with Crippen LogP contribution < -0.4 is 5.32 Å². The number of aromatic nitrogens is 2. The molecule has 170 valence electrons. The number of nitrogens with one attached hydrogen (secondary N) is 1. The number of carbonyl (C=O) groups excluding carboxylic acids is 2. The Morgan fingerprint density at radius 3 is 2.59 bits per heavy atom. The Labute approximate surface area is 197 Å². The minimum atomic E-state index is -0.372. The van der Waals surface area contributed by atoms with Crippen LogP contribution >= 0.6 is 0 Å². The number of amides is 2. The molecule has 34 heavy (non-hydrogen) atoms. The smallest absolute Gasteiger partial charge is 0.258 e. The molecule has 1 aliphatic heterocycles. The van der Waals surface area contributed by atoms with E-state index >= 15 is 0 Å². The van der Waals surface area contributed by atoms with Crippen molar-refractivity contribution in [2.75, 3.05) is 11.9 Å². The third-order valence-corrected chi connectivity index (χ3v) is 5.90. The average molecular weight is 453 g/mol. The Balaban J connectivity index is 1.21. The van der Waals surface area contributed by atoms with Crippen molar-refractivity contribution in [2.45, 2.75) is 19.9 Å². The molecule has 1 aromatic heterocycles. The fourth-order valence-electron chi connectivity index (χ4n) is 4.09. The van der Waals surface area contributed by atoms with Crippen LogP contribution in [0.4, 0.5) is 5.69 Å². The summed E-state index contributed by atoms with van der Waals surface area (Å²) in [5, 5.41) is 7.00. The number of nitrogens with zero attached hydrogens (tertiary/aromatic N) is 3. The molecule has 0 unspecified atom stereocenters. The van der Waals surface area contributed by atoms with Gasteiger partial charge in [-0.25, -0.2) is 0 Å². The first-order valence-electron chi connectivity index (χ1n) is 11.2. The van der Waals surface area contributed by atoms with Crippen LogP contribution in [-0.2, 0) is 16.1 Å². The van der Waals surface area contributed by atoms with Gasteiger partial charge in [-0.05, 0) is 42.8 Å². The maximum atomic E-state index is 12.8. The van der Waals surface area contributed by atoms with Gasteiger partial charge in [-0.3, -0.25) is 9.59 Å². The van der Waals surface area contributed by atoms with Crippen molar-refractivity contribution in [3.8, 4) is 22.8 Å². The van der Waals surface area contributed by atoms with Crippen LogP contribution in [0.5, 0.6) is 0 Å². The van der Waals surface area contributed by atoms with Gasteiger partial charge >= 0.3 is 0 Å². The topological polar surface area (TPSA) is 88.3 Å². The molecule has 0 aliphatic carbocycles. The number of rotatable bonds is 6. The Bertz CT molecular complexity index is 1320. The van der Waals surface area contributed by atoms with Crippen molar-refractivity contribution in [2.24, 2.45) is 5.92 Å². The van der Waals surface area contributed by atoms with E-state index in [2.05, 4.69) is 15.5 Å². The highest BCUT2D eigenvalue weighted by atomic mass is 16.5. The van der Waals surface area contributed by atoms with Gasteiger partial charge in [-0.1, -0.05) is 59.3 Å². The molecular weight excluding hydrogens is 428 g/mol. The number of anilines is 1. The Hall–Kier alpha value is -4.26. The van der Waals surface area contributed by atoms with Crippen molar-refractivity contribution in [1.29, 1.82) is 0 Å². The predicted molar refractivity (Wildman–Crippen MR) is 129 cm³/mol. The summed E-state index contributed by atoms with van der Waals surface area (Å²) in [5.41, 5.74) is 4.48. The first kappa shape index (κ1) is 21.6. The van der Waals surface area contributed by atoms with Crippen LogP contribution in [0.3, 0.4) is 0 Å². The van der Waals surface area contributed by atoms with E-state index in [4.69, 9.17) is 4.52 Å². The molecule has 1 aliphatic rings. The summed E-state index contributed by atoms with van der Waals surface area (Å²) >= 11 is 0. The molecule has 7 nitrogen and oxygen atoms in total. The third-order valence-electron chi connectivity index (χ3n) is 5.90. The molecule has 1 N–H and O–H groups in total. The largest absolute Gasteiger partial charge is 0.338 e. The van der Waals surface area contributed by atoms with E-state index in [1.807, 2.05) is 73.7 Å². The summed E-state index contributed by atoms with van der Waals surface area (Å²) in [6.07, 6.45) is 0.223. The molecule has 2 amide bonds. The number of likely N-dealkylation sites (tertiary alicyclic amines) is 1. The molecule has 1 fully saturated rings. The van der Waals surface area contributed by atoms with Gasteiger partial charge in [0.05, 0.1) is 5.92 Å². The van der Waals surface area contributed by atoms with Gasteiger partial charge in [0.2, 0.25) is 17.6 Å². The lowest BCUT2D eigenvalue weighted by Gasteiger charge is -2.16. The molecule has 0 radical (unpaired) electrons. The van der Waals surface area contributed by atoms with Gasteiger partial charge < -0.3 is 14.7 Å². The minimum Gasteiger partial charge on any atom is -0.338 e. The SMILES string of the molecule is Cc1cccc(-c2noc(-c3ccc(NC(=O)[C@H]4CC(=O)N(Cc5ccccc5)C4)cc3)n2)c1. The molecule has 3 aromatic carbocycles. The number of aryl methyl sites for hydroxylation is 1. The second-order valence-electron chi connectivity index (χ2n) is 8.52. The number of hydrogen-bond acceptors (Lipinski definition) is 5. The third kappa shape index (κ3) is 4.73. The van der Waals surface area contributed by atoms with E-state index in [9.17, 15) is 9.59 Å². The molecule has 0 bridgehead atoms. The van der Waals surface area contributed by atoms with Gasteiger partial charge in [-0.2, -0.15) is 4.98 Å². The van der Waals surface area contributed by atoms with Crippen molar-refractivity contribution in [3.63, 3.8) is 0 Å². The summed E-state index contributed by atoms with van der Waals surface area (Å²) in [7, 11) is 0. The van der Waals surface area contributed by atoms with Gasteiger partial charge in [0.15, 0.2) is 0 Å². The molecule has 0 spiro atoms. The zero-order valence-corrected chi connectivity index (χ0v) is 18.8. The molecule has 1 saturated heterocycles. The van der Waals surface area contributed by atoms with Crippen molar-refractivity contribution >= 4 is 17.5 Å².